The van der Waals surface area contributed by atoms with Gasteiger partial charge in [-0.1, -0.05) is 23.9 Å². The summed E-state index contributed by atoms with van der Waals surface area (Å²) in [6.45, 7) is 3.03. The number of amides is 1. The van der Waals surface area contributed by atoms with Gasteiger partial charge in [0.05, 0.1) is 30.9 Å². The highest BCUT2D eigenvalue weighted by Crippen LogP contribution is 2.40. The van der Waals surface area contributed by atoms with Gasteiger partial charge in [-0.15, -0.1) is 10.2 Å². The first-order chi connectivity index (χ1) is 13.7. The van der Waals surface area contributed by atoms with E-state index in [0.29, 0.717) is 30.5 Å². The number of rotatable bonds is 9. The standard InChI is InChI=1S/C20H22N4O3S/c1-2-26-17-8-4-3-7-16(17)21-18(25)13-28-20-23-22-19(14-9-10-14)24(20)12-15-6-5-11-27-15/h3-8,11,14H,2,9-10,12-13H2,1H3,(H,21,25). The molecule has 1 aliphatic carbocycles. The molecule has 3 aromatic rings. The molecule has 2 heterocycles. The van der Waals surface area contributed by atoms with Gasteiger partial charge in [-0.3, -0.25) is 9.36 Å². The molecule has 0 unspecified atom stereocenters. The fourth-order valence-electron chi connectivity index (χ4n) is 2.92. The number of nitrogens with zero attached hydrogens (tertiary/aromatic N) is 3. The van der Waals surface area contributed by atoms with Gasteiger partial charge in [-0.05, 0) is 44.0 Å². The van der Waals surface area contributed by atoms with Gasteiger partial charge in [-0.25, -0.2) is 0 Å². The summed E-state index contributed by atoms with van der Waals surface area (Å²) in [6, 6.07) is 11.2. The quantitative estimate of drug-likeness (QED) is 0.550. The molecule has 0 bridgehead atoms. The zero-order valence-corrected chi connectivity index (χ0v) is 16.4. The molecule has 0 atom stereocenters. The Kier molecular flexibility index (Phi) is 5.66. The van der Waals surface area contributed by atoms with Crippen LogP contribution < -0.4 is 10.1 Å². The minimum atomic E-state index is -0.113. The van der Waals surface area contributed by atoms with Crippen LogP contribution in [0.2, 0.25) is 0 Å². The van der Waals surface area contributed by atoms with Crippen LogP contribution in [-0.2, 0) is 11.3 Å². The number of furan rings is 1. The molecule has 0 spiro atoms. The lowest BCUT2D eigenvalue weighted by atomic mass is 10.3. The molecule has 2 aromatic heterocycles. The fourth-order valence-corrected chi connectivity index (χ4v) is 3.67. The normalized spacial score (nSPS) is 13.5. The molecule has 7 nitrogen and oxygen atoms in total. The van der Waals surface area contributed by atoms with Crippen molar-refractivity contribution in [1.82, 2.24) is 14.8 Å². The van der Waals surface area contributed by atoms with E-state index in [1.165, 1.54) is 11.8 Å². The van der Waals surface area contributed by atoms with Crippen LogP contribution in [0.3, 0.4) is 0 Å². The number of para-hydroxylation sites is 2. The predicted octanol–water partition coefficient (Wildman–Crippen LogP) is 3.93. The number of carbonyl (C=O) groups excluding carboxylic acids is 1. The maximum absolute atomic E-state index is 12.5. The van der Waals surface area contributed by atoms with Crippen molar-refractivity contribution in [1.29, 1.82) is 0 Å². The lowest BCUT2D eigenvalue weighted by Gasteiger charge is -2.11. The number of benzene rings is 1. The number of thioether (sulfide) groups is 1. The minimum absolute atomic E-state index is 0.113. The molecule has 1 fully saturated rings. The zero-order valence-electron chi connectivity index (χ0n) is 15.6. The Bertz CT molecular complexity index is 935. The molecule has 28 heavy (non-hydrogen) atoms. The van der Waals surface area contributed by atoms with Crippen LogP contribution in [0, 0.1) is 0 Å². The molecular weight excluding hydrogens is 376 g/mol. The van der Waals surface area contributed by atoms with Crippen molar-refractivity contribution in [2.45, 2.75) is 37.4 Å². The minimum Gasteiger partial charge on any atom is -0.492 e. The third-order valence-electron chi connectivity index (χ3n) is 4.38. The summed E-state index contributed by atoms with van der Waals surface area (Å²) >= 11 is 1.38. The van der Waals surface area contributed by atoms with E-state index in [2.05, 4.69) is 20.1 Å². The molecule has 1 N–H and O–H groups in total. The van der Waals surface area contributed by atoms with Crippen LogP contribution >= 0.6 is 11.8 Å². The van der Waals surface area contributed by atoms with Crippen molar-refractivity contribution in [2.75, 3.05) is 17.7 Å². The van der Waals surface area contributed by atoms with Crippen LogP contribution in [-0.4, -0.2) is 33.0 Å². The van der Waals surface area contributed by atoms with Crippen LogP contribution in [0.5, 0.6) is 5.75 Å². The molecule has 1 amide bonds. The summed E-state index contributed by atoms with van der Waals surface area (Å²) in [5.74, 6) is 3.07. The molecule has 1 saturated carbocycles. The predicted molar refractivity (Wildman–Crippen MR) is 107 cm³/mol. The van der Waals surface area contributed by atoms with Crippen molar-refractivity contribution >= 4 is 23.4 Å². The van der Waals surface area contributed by atoms with Gasteiger partial charge in [0, 0.05) is 5.92 Å². The Morgan fingerprint density at radius 3 is 2.89 bits per heavy atom. The van der Waals surface area contributed by atoms with Gasteiger partial charge >= 0.3 is 0 Å². The summed E-state index contributed by atoms with van der Waals surface area (Å²) in [7, 11) is 0. The summed E-state index contributed by atoms with van der Waals surface area (Å²) in [6.07, 6.45) is 3.93. The molecule has 0 aliphatic heterocycles. The average molecular weight is 398 g/mol. The Hall–Kier alpha value is -2.74. The van der Waals surface area contributed by atoms with Gasteiger partial charge in [-0.2, -0.15) is 0 Å². The highest BCUT2D eigenvalue weighted by atomic mass is 32.2. The van der Waals surface area contributed by atoms with Gasteiger partial charge in [0.2, 0.25) is 5.91 Å². The van der Waals surface area contributed by atoms with E-state index in [1.807, 2.05) is 43.3 Å². The molecule has 0 radical (unpaired) electrons. The van der Waals surface area contributed by atoms with Crippen molar-refractivity contribution in [2.24, 2.45) is 0 Å². The van der Waals surface area contributed by atoms with Crippen LogP contribution in [0.15, 0.2) is 52.2 Å². The summed E-state index contributed by atoms with van der Waals surface area (Å²) in [5, 5.41) is 12.3. The van der Waals surface area contributed by atoms with Gasteiger partial charge in [0.25, 0.3) is 0 Å². The van der Waals surface area contributed by atoms with E-state index in [9.17, 15) is 4.79 Å². The van der Waals surface area contributed by atoms with E-state index in [1.54, 1.807) is 6.26 Å². The van der Waals surface area contributed by atoms with Gasteiger partial charge in [0.15, 0.2) is 5.16 Å². The van der Waals surface area contributed by atoms with E-state index in [0.717, 1.165) is 29.6 Å². The Balaban J connectivity index is 1.43. The van der Waals surface area contributed by atoms with E-state index in [4.69, 9.17) is 9.15 Å². The van der Waals surface area contributed by atoms with E-state index in [-0.39, 0.29) is 11.7 Å². The second-order valence-electron chi connectivity index (χ2n) is 6.55. The number of anilines is 1. The Morgan fingerprint density at radius 1 is 1.29 bits per heavy atom. The van der Waals surface area contributed by atoms with Crippen LogP contribution in [0.1, 0.15) is 37.3 Å². The largest absolute Gasteiger partial charge is 0.492 e. The number of carbonyl (C=O) groups is 1. The number of ether oxygens (including phenoxy) is 1. The fraction of sp³-hybridized carbons (Fsp3) is 0.350. The van der Waals surface area contributed by atoms with Crippen molar-refractivity contribution in [3.05, 3.63) is 54.2 Å². The molecule has 1 aliphatic rings. The summed E-state index contributed by atoms with van der Waals surface area (Å²) in [5.41, 5.74) is 0.672. The Morgan fingerprint density at radius 2 is 2.14 bits per heavy atom. The SMILES string of the molecule is CCOc1ccccc1NC(=O)CSc1nnc(C2CC2)n1Cc1ccco1. The van der Waals surface area contributed by atoms with Crippen molar-refractivity contribution < 1.29 is 13.9 Å². The number of hydrogen-bond acceptors (Lipinski definition) is 6. The molecule has 146 valence electrons. The first-order valence-electron chi connectivity index (χ1n) is 9.34. The molecule has 4 rings (SSSR count). The smallest absolute Gasteiger partial charge is 0.234 e. The maximum atomic E-state index is 12.5. The second kappa shape index (κ2) is 8.52. The maximum Gasteiger partial charge on any atom is 0.234 e. The topological polar surface area (TPSA) is 82.2 Å². The highest BCUT2D eigenvalue weighted by molar-refractivity contribution is 7.99. The highest BCUT2D eigenvalue weighted by Gasteiger charge is 2.30. The lowest BCUT2D eigenvalue weighted by Crippen LogP contribution is -2.15. The zero-order chi connectivity index (χ0) is 19.3. The number of hydrogen-bond donors (Lipinski definition) is 1. The van der Waals surface area contributed by atoms with Gasteiger partial charge in [0.1, 0.15) is 17.3 Å². The summed E-state index contributed by atoms with van der Waals surface area (Å²) in [4.78, 5) is 12.5. The molecular formula is C20H22N4O3S. The average Bonchev–Trinajstić information content (AvgIpc) is 3.26. The first-order valence-corrected chi connectivity index (χ1v) is 10.3. The third-order valence-corrected chi connectivity index (χ3v) is 5.34. The second-order valence-corrected chi connectivity index (χ2v) is 7.49. The monoisotopic (exact) mass is 398 g/mol. The Labute approximate surface area is 167 Å². The van der Waals surface area contributed by atoms with Crippen LogP contribution in [0.25, 0.3) is 0 Å². The van der Waals surface area contributed by atoms with Crippen LogP contribution in [0.4, 0.5) is 5.69 Å². The molecule has 0 saturated heterocycles. The van der Waals surface area contributed by atoms with E-state index < -0.39 is 0 Å². The number of aromatic nitrogens is 3. The van der Waals surface area contributed by atoms with Crippen molar-refractivity contribution in [3.8, 4) is 5.75 Å². The summed E-state index contributed by atoms with van der Waals surface area (Å²) < 4.78 is 13.1. The first kappa shape index (κ1) is 18.6. The lowest BCUT2D eigenvalue weighted by molar-refractivity contribution is -0.113. The van der Waals surface area contributed by atoms with Gasteiger partial charge < -0.3 is 14.5 Å². The molecule has 1 aromatic carbocycles. The number of nitrogens with one attached hydrogen (secondary N) is 1. The van der Waals surface area contributed by atoms with E-state index >= 15 is 0 Å². The van der Waals surface area contributed by atoms with Crippen molar-refractivity contribution in [3.63, 3.8) is 0 Å². The third kappa shape index (κ3) is 4.39. The molecule has 8 heteroatoms.